The van der Waals surface area contributed by atoms with Crippen LogP contribution in [0.25, 0.3) is 0 Å². The fourth-order valence-electron chi connectivity index (χ4n) is 2.86. The van der Waals surface area contributed by atoms with Crippen molar-refractivity contribution in [3.8, 4) is 5.75 Å². The summed E-state index contributed by atoms with van der Waals surface area (Å²) in [5.74, 6) is 0.818. The van der Waals surface area contributed by atoms with Gasteiger partial charge < -0.3 is 14.7 Å². The van der Waals surface area contributed by atoms with Gasteiger partial charge >= 0.3 is 0 Å². The molecule has 102 valence electrons. The van der Waals surface area contributed by atoms with Crippen molar-refractivity contribution in [2.75, 3.05) is 19.7 Å². The molecule has 0 aliphatic carbocycles. The van der Waals surface area contributed by atoms with Gasteiger partial charge in [-0.25, -0.2) is 0 Å². The van der Waals surface area contributed by atoms with Crippen molar-refractivity contribution in [3.05, 3.63) is 29.8 Å². The lowest BCUT2D eigenvalue weighted by Gasteiger charge is -2.47. The van der Waals surface area contributed by atoms with E-state index in [1.165, 1.54) is 0 Å². The summed E-state index contributed by atoms with van der Waals surface area (Å²) in [7, 11) is 0. The lowest BCUT2D eigenvalue weighted by Crippen LogP contribution is -2.64. The molecule has 1 atom stereocenters. The Labute approximate surface area is 113 Å². The number of likely N-dealkylation sites (tertiary alicyclic amines) is 1. The zero-order chi connectivity index (χ0) is 13.5. The number of carbonyl (C=O) groups is 1. The van der Waals surface area contributed by atoms with E-state index >= 15 is 0 Å². The summed E-state index contributed by atoms with van der Waals surface area (Å²) in [6, 6.07) is 7.73. The van der Waals surface area contributed by atoms with Gasteiger partial charge in [-0.3, -0.25) is 4.79 Å². The van der Waals surface area contributed by atoms with Gasteiger partial charge in [-0.05, 0) is 18.9 Å². The third kappa shape index (κ3) is 2.10. The lowest BCUT2D eigenvalue weighted by atomic mass is 9.86. The SMILES string of the molecule is CCC1(O)CN(C(=O)C2CCOc3ccccc32)C1. The first kappa shape index (κ1) is 12.5. The maximum atomic E-state index is 12.5. The van der Waals surface area contributed by atoms with E-state index in [4.69, 9.17) is 4.74 Å². The number of hydrogen-bond donors (Lipinski definition) is 1. The summed E-state index contributed by atoms with van der Waals surface area (Å²) in [5, 5.41) is 10.0. The molecule has 1 unspecified atom stereocenters. The molecule has 0 saturated carbocycles. The minimum atomic E-state index is -0.666. The number of β-amino-alcohol motifs (C(OH)–C–C–N with tert-alkyl or cyclic N) is 1. The standard InChI is InChI=1S/C15H19NO3/c1-2-15(18)9-16(10-15)14(17)12-7-8-19-13-6-4-3-5-11(12)13/h3-6,12,18H,2,7-10H2,1H3. The van der Waals surface area contributed by atoms with Gasteiger partial charge in [-0.15, -0.1) is 0 Å². The molecule has 19 heavy (non-hydrogen) atoms. The molecule has 0 radical (unpaired) electrons. The fourth-order valence-corrected chi connectivity index (χ4v) is 2.86. The topological polar surface area (TPSA) is 49.8 Å². The Morgan fingerprint density at radius 1 is 1.47 bits per heavy atom. The van der Waals surface area contributed by atoms with Gasteiger partial charge in [-0.2, -0.15) is 0 Å². The first-order valence-corrected chi connectivity index (χ1v) is 6.86. The summed E-state index contributed by atoms with van der Waals surface area (Å²) in [4.78, 5) is 14.3. The second-order valence-electron chi connectivity index (χ2n) is 5.50. The third-order valence-corrected chi connectivity index (χ3v) is 4.20. The van der Waals surface area contributed by atoms with Crippen LogP contribution < -0.4 is 4.74 Å². The molecule has 3 rings (SSSR count). The van der Waals surface area contributed by atoms with Crippen LogP contribution in [0.15, 0.2) is 24.3 Å². The van der Waals surface area contributed by atoms with E-state index in [0.717, 1.165) is 17.7 Å². The van der Waals surface area contributed by atoms with Gasteiger partial charge in [0.25, 0.3) is 0 Å². The normalized spacial score (nSPS) is 24.1. The predicted octanol–water partition coefficient (Wildman–Crippen LogP) is 1.54. The monoisotopic (exact) mass is 261 g/mol. The van der Waals surface area contributed by atoms with Crippen LogP contribution >= 0.6 is 0 Å². The molecule has 1 aromatic carbocycles. The Balaban J connectivity index is 1.76. The summed E-state index contributed by atoms with van der Waals surface area (Å²) in [6.45, 7) is 3.45. The molecule has 4 heteroatoms. The van der Waals surface area contributed by atoms with Crippen LogP contribution in [0, 0.1) is 0 Å². The van der Waals surface area contributed by atoms with E-state index in [0.29, 0.717) is 26.1 Å². The van der Waals surface area contributed by atoms with Gasteiger partial charge in [0.05, 0.1) is 31.2 Å². The number of amides is 1. The average Bonchev–Trinajstić information content (AvgIpc) is 2.42. The summed E-state index contributed by atoms with van der Waals surface area (Å²) in [6.07, 6.45) is 1.41. The minimum Gasteiger partial charge on any atom is -0.493 e. The van der Waals surface area contributed by atoms with Crippen LogP contribution in [0.4, 0.5) is 0 Å². The number of para-hydroxylation sites is 1. The molecule has 2 aliphatic heterocycles. The van der Waals surface area contributed by atoms with Crippen molar-refractivity contribution in [2.24, 2.45) is 0 Å². The Kier molecular flexibility index (Phi) is 2.97. The van der Waals surface area contributed by atoms with E-state index < -0.39 is 5.60 Å². The summed E-state index contributed by atoms with van der Waals surface area (Å²) < 4.78 is 5.58. The number of carbonyl (C=O) groups excluding carboxylic acids is 1. The maximum Gasteiger partial charge on any atom is 0.230 e. The zero-order valence-corrected chi connectivity index (χ0v) is 11.1. The van der Waals surface area contributed by atoms with Crippen LogP contribution in [0.3, 0.4) is 0 Å². The van der Waals surface area contributed by atoms with Crippen LogP contribution in [-0.2, 0) is 4.79 Å². The zero-order valence-electron chi connectivity index (χ0n) is 11.1. The number of ether oxygens (including phenoxy) is 1. The lowest BCUT2D eigenvalue weighted by molar-refractivity contribution is -0.157. The van der Waals surface area contributed by atoms with Crippen LogP contribution in [0.2, 0.25) is 0 Å². The molecule has 4 nitrogen and oxygen atoms in total. The number of nitrogens with zero attached hydrogens (tertiary/aromatic N) is 1. The average molecular weight is 261 g/mol. The Morgan fingerprint density at radius 3 is 2.95 bits per heavy atom. The second-order valence-corrected chi connectivity index (χ2v) is 5.50. The highest BCUT2D eigenvalue weighted by Gasteiger charge is 2.44. The highest BCUT2D eigenvalue weighted by Crippen LogP contribution is 2.36. The molecule has 1 aromatic rings. The molecule has 2 heterocycles. The number of rotatable bonds is 2. The Morgan fingerprint density at radius 2 is 2.21 bits per heavy atom. The van der Waals surface area contributed by atoms with Crippen molar-refractivity contribution in [1.82, 2.24) is 4.90 Å². The van der Waals surface area contributed by atoms with Crippen molar-refractivity contribution in [2.45, 2.75) is 31.3 Å². The maximum absolute atomic E-state index is 12.5. The minimum absolute atomic E-state index is 0.119. The van der Waals surface area contributed by atoms with Gasteiger partial charge in [0, 0.05) is 5.56 Å². The van der Waals surface area contributed by atoms with Crippen LogP contribution in [0.5, 0.6) is 5.75 Å². The number of aliphatic hydroxyl groups is 1. The molecule has 0 bridgehead atoms. The second kappa shape index (κ2) is 4.53. The van der Waals surface area contributed by atoms with Crippen molar-refractivity contribution < 1.29 is 14.6 Å². The molecule has 1 N–H and O–H groups in total. The number of fused-ring (bicyclic) bond motifs is 1. The number of hydrogen-bond acceptors (Lipinski definition) is 3. The molecular formula is C15H19NO3. The molecule has 0 aromatic heterocycles. The van der Waals surface area contributed by atoms with Gasteiger partial charge in [0.15, 0.2) is 0 Å². The molecule has 2 aliphatic rings. The fraction of sp³-hybridized carbons (Fsp3) is 0.533. The number of benzene rings is 1. The quantitative estimate of drug-likeness (QED) is 0.878. The first-order chi connectivity index (χ1) is 9.13. The Bertz CT molecular complexity index is 494. The molecule has 1 amide bonds. The van der Waals surface area contributed by atoms with Gasteiger partial charge in [0.2, 0.25) is 5.91 Å². The summed E-state index contributed by atoms with van der Waals surface area (Å²) >= 11 is 0. The van der Waals surface area contributed by atoms with Gasteiger partial charge in [-0.1, -0.05) is 25.1 Å². The van der Waals surface area contributed by atoms with Gasteiger partial charge in [0.1, 0.15) is 5.75 Å². The van der Waals surface area contributed by atoms with Crippen molar-refractivity contribution >= 4 is 5.91 Å². The molecule has 1 fully saturated rings. The molecule has 1 saturated heterocycles. The third-order valence-electron chi connectivity index (χ3n) is 4.20. The van der Waals surface area contributed by atoms with Crippen molar-refractivity contribution in [3.63, 3.8) is 0 Å². The van der Waals surface area contributed by atoms with E-state index in [9.17, 15) is 9.90 Å². The van der Waals surface area contributed by atoms with Crippen molar-refractivity contribution in [1.29, 1.82) is 0 Å². The van der Waals surface area contributed by atoms with Crippen LogP contribution in [-0.4, -0.2) is 41.2 Å². The van der Waals surface area contributed by atoms with E-state index in [2.05, 4.69) is 0 Å². The van der Waals surface area contributed by atoms with E-state index in [1.54, 1.807) is 4.90 Å². The molecular weight excluding hydrogens is 242 g/mol. The largest absolute Gasteiger partial charge is 0.493 e. The van der Waals surface area contributed by atoms with E-state index in [1.807, 2.05) is 31.2 Å². The molecule has 0 spiro atoms. The smallest absolute Gasteiger partial charge is 0.230 e. The highest BCUT2D eigenvalue weighted by atomic mass is 16.5. The highest BCUT2D eigenvalue weighted by molar-refractivity contribution is 5.85. The first-order valence-electron chi connectivity index (χ1n) is 6.86. The Hall–Kier alpha value is -1.55. The van der Waals surface area contributed by atoms with E-state index in [-0.39, 0.29) is 11.8 Å². The van der Waals surface area contributed by atoms with Crippen LogP contribution in [0.1, 0.15) is 31.2 Å². The summed E-state index contributed by atoms with van der Waals surface area (Å²) in [5.41, 5.74) is 0.311. The predicted molar refractivity (Wildman–Crippen MR) is 71.1 cm³/mol.